The largest absolute Gasteiger partial charge is 0.496 e. The standard InChI is InChI=1S/C12H10Br2N2O4S/c1-19-10-4-9(14)11(5-8(10)13)20-12-3-2-7(6-16-12)21(15,17)18/h2-6H,1H3,(H2,15,17,18). The first-order chi connectivity index (χ1) is 9.81. The Morgan fingerprint density at radius 2 is 1.76 bits per heavy atom. The molecule has 9 heteroatoms. The number of primary sulfonamides is 1. The Balaban J connectivity index is 2.28. The van der Waals surface area contributed by atoms with Gasteiger partial charge in [-0.25, -0.2) is 18.5 Å². The third-order valence-corrected chi connectivity index (χ3v) is 4.60. The Morgan fingerprint density at radius 3 is 2.29 bits per heavy atom. The highest BCUT2D eigenvalue weighted by Gasteiger charge is 2.11. The molecule has 2 rings (SSSR count). The highest BCUT2D eigenvalue weighted by atomic mass is 79.9. The molecule has 0 spiro atoms. The second kappa shape index (κ2) is 6.30. The number of hydrogen-bond donors (Lipinski definition) is 1. The molecule has 0 aliphatic heterocycles. The fourth-order valence-corrected chi connectivity index (χ4v) is 2.80. The van der Waals surface area contributed by atoms with Gasteiger partial charge in [0, 0.05) is 6.07 Å². The van der Waals surface area contributed by atoms with Crippen molar-refractivity contribution in [3.8, 4) is 17.4 Å². The molecule has 0 saturated heterocycles. The van der Waals surface area contributed by atoms with Crippen LogP contribution in [0.3, 0.4) is 0 Å². The number of ether oxygens (including phenoxy) is 2. The molecule has 0 bridgehead atoms. The number of methoxy groups -OCH3 is 1. The first kappa shape index (κ1) is 16.2. The lowest BCUT2D eigenvalue weighted by Crippen LogP contribution is -2.12. The van der Waals surface area contributed by atoms with Gasteiger partial charge in [0.15, 0.2) is 0 Å². The first-order valence-electron chi connectivity index (χ1n) is 5.51. The van der Waals surface area contributed by atoms with Crippen LogP contribution in [-0.2, 0) is 10.0 Å². The van der Waals surface area contributed by atoms with E-state index < -0.39 is 10.0 Å². The summed E-state index contributed by atoms with van der Waals surface area (Å²) in [6.07, 6.45) is 1.14. The number of hydrogen-bond acceptors (Lipinski definition) is 5. The van der Waals surface area contributed by atoms with Crippen LogP contribution in [0, 0.1) is 0 Å². The highest BCUT2D eigenvalue weighted by Crippen LogP contribution is 2.37. The van der Waals surface area contributed by atoms with Crippen LogP contribution in [0.25, 0.3) is 0 Å². The molecular formula is C12H10Br2N2O4S. The smallest absolute Gasteiger partial charge is 0.239 e. The van der Waals surface area contributed by atoms with Gasteiger partial charge < -0.3 is 9.47 Å². The highest BCUT2D eigenvalue weighted by molar-refractivity contribution is 9.11. The van der Waals surface area contributed by atoms with Crippen LogP contribution >= 0.6 is 31.9 Å². The van der Waals surface area contributed by atoms with E-state index in [9.17, 15) is 8.42 Å². The van der Waals surface area contributed by atoms with Gasteiger partial charge in [-0.15, -0.1) is 0 Å². The van der Waals surface area contributed by atoms with Crippen molar-refractivity contribution >= 4 is 41.9 Å². The molecule has 0 atom stereocenters. The number of nitrogens with two attached hydrogens (primary N) is 1. The van der Waals surface area contributed by atoms with Gasteiger partial charge in [-0.1, -0.05) is 0 Å². The minimum Gasteiger partial charge on any atom is -0.496 e. The second-order valence-corrected chi connectivity index (χ2v) is 7.17. The van der Waals surface area contributed by atoms with E-state index >= 15 is 0 Å². The van der Waals surface area contributed by atoms with E-state index in [0.29, 0.717) is 20.4 Å². The molecule has 6 nitrogen and oxygen atoms in total. The SMILES string of the molecule is COc1cc(Br)c(Oc2ccc(S(N)(=O)=O)cn2)cc1Br. The molecule has 112 valence electrons. The predicted octanol–water partition coefficient (Wildman–Crippen LogP) is 3.05. The molecule has 0 amide bonds. The maximum Gasteiger partial charge on any atom is 0.239 e. The minimum absolute atomic E-state index is 0.0789. The van der Waals surface area contributed by atoms with E-state index in [1.807, 2.05) is 0 Å². The topological polar surface area (TPSA) is 91.5 Å². The first-order valence-corrected chi connectivity index (χ1v) is 8.64. The van der Waals surface area contributed by atoms with Gasteiger partial charge in [-0.2, -0.15) is 0 Å². The molecule has 2 aromatic rings. The summed E-state index contributed by atoms with van der Waals surface area (Å²) in [4.78, 5) is 3.83. The second-order valence-electron chi connectivity index (χ2n) is 3.90. The monoisotopic (exact) mass is 436 g/mol. The van der Waals surface area contributed by atoms with Gasteiger partial charge in [-0.3, -0.25) is 0 Å². The van der Waals surface area contributed by atoms with Crippen LogP contribution < -0.4 is 14.6 Å². The van der Waals surface area contributed by atoms with Gasteiger partial charge >= 0.3 is 0 Å². The summed E-state index contributed by atoms with van der Waals surface area (Å²) < 4.78 is 34.4. The van der Waals surface area contributed by atoms with Crippen molar-refractivity contribution in [2.45, 2.75) is 4.90 Å². The number of halogens is 2. The van der Waals surface area contributed by atoms with Crippen LogP contribution in [0.15, 0.2) is 44.3 Å². The summed E-state index contributed by atoms with van der Waals surface area (Å²) in [6, 6.07) is 6.19. The number of rotatable bonds is 4. The lowest BCUT2D eigenvalue weighted by atomic mass is 10.3. The Labute approximate surface area is 138 Å². The summed E-state index contributed by atoms with van der Waals surface area (Å²) in [7, 11) is -2.21. The Morgan fingerprint density at radius 1 is 1.14 bits per heavy atom. The van der Waals surface area contributed by atoms with E-state index in [2.05, 4.69) is 36.8 Å². The molecule has 1 aromatic heterocycles. The maximum atomic E-state index is 11.1. The zero-order valence-corrected chi connectivity index (χ0v) is 14.7. The summed E-state index contributed by atoms with van der Waals surface area (Å²) in [5.41, 5.74) is 0. The van der Waals surface area contributed by atoms with Gasteiger partial charge in [0.25, 0.3) is 0 Å². The lowest BCUT2D eigenvalue weighted by molar-refractivity contribution is 0.408. The molecule has 2 N–H and O–H groups in total. The third kappa shape index (κ3) is 3.94. The van der Waals surface area contributed by atoms with E-state index in [0.717, 1.165) is 6.20 Å². The number of pyridine rings is 1. The Kier molecular flexibility index (Phi) is 4.87. The molecule has 1 heterocycles. The van der Waals surface area contributed by atoms with Crippen molar-refractivity contribution in [3.05, 3.63) is 39.4 Å². The van der Waals surface area contributed by atoms with Crippen molar-refractivity contribution < 1.29 is 17.9 Å². The van der Waals surface area contributed by atoms with Crippen molar-refractivity contribution in [1.82, 2.24) is 4.98 Å². The summed E-state index contributed by atoms with van der Waals surface area (Å²) in [5.74, 6) is 1.38. The quantitative estimate of drug-likeness (QED) is 0.793. The molecule has 21 heavy (non-hydrogen) atoms. The number of benzene rings is 1. The molecule has 0 aliphatic carbocycles. The number of sulfonamides is 1. The molecule has 1 aromatic carbocycles. The van der Waals surface area contributed by atoms with Crippen LogP contribution in [0.1, 0.15) is 0 Å². The molecule has 0 aliphatic rings. The van der Waals surface area contributed by atoms with Gasteiger partial charge in [-0.05, 0) is 50.1 Å². The maximum absolute atomic E-state index is 11.1. The van der Waals surface area contributed by atoms with E-state index in [1.54, 1.807) is 19.2 Å². The van der Waals surface area contributed by atoms with Crippen molar-refractivity contribution in [3.63, 3.8) is 0 Å². The zero-order valence-electron chi connectivity index (χ0n) is 10.7. The Hall–Kier alpha value is -1.16. The molecule has 0 fully saturated rings. The van der Waals surface area contributed by atoms with Crippen molar-refractivity contribution in [2.24, 2.45) is 5.14 Å². The van der Waals surface area contributed by atoms with Crippen LogP contribution in [0.4, 0.5) is 0 Å². The third-order valence-electron chi connectivity index (χ3n) is 2.46. The average molecular weight is 438 g/mol. The van der Waals surface area contributed by atoms with E-state index in [-0.39, 0.29) is 10.8 Å². The molecule has 0 unspecified atom stereocenters. The average Bonchev–Trinajstić information content (AvgIpc) is 2.42. The fourth-order valence-electron chi connectivity index (χ4n) is 1.45. The van der Waals surface area contributed by atoms with Crippen molar-refractivity contribution in [2.75, 3.05) is 7.11 Å². The minimum atomic E-state index is -3.77. The van der Waals surface area contributed by atoms with Crippen molar-refractivity contribution in [1.29, 1.82) is 0 Å². The van der Waals surface area contributed by atoms with Gasteiger partial charge in [0.2, 0.25) is 15.9 Å². The van der Waals surface area contributed by atoms with Crippen LogP contribution in [0.2, 0.25) is 0 Å². The van der Waals surface area contributed by atoms with E-state index in [4.69, 9.17) is 14.6 Å². The predicted molar refractivity (Wildman–Crippen MR) is 84.1 cm³/mol. The molecule has 0 saturated carbocycles. The normalized spacial score (nSPS) is 11.2. The lowest BCUT2D eigenvalue weighted by Gasteiger charge is -2.10. The molecule has 0 radical (unpaired) electrons. The number of nitrogens with zero attached hydrogens (tertiary/aromatic N) is 1. The zero-order chi connectivity index (χ0) is 15.6. The van der Waals surface area contributed by atoms with Gasteiger partial charge in [0.05, 0.1) is 22.3 Å². The van der Waals surface area contributed by atoms with Crippen LogP contribution in [-0.4, -0.2) is 20.5 Å². The molecular weight excluding hydrogens is 428 g/mol. The Bertz CT molecular complexity index is 764. The van der Waals surface area contributed by atoms with E-state index in [1.165, 1.54) is 12.1 Å². The number of aromatic nitrogens is 1. The fraction of sp³-hybridized carbons (Fsp3) is 0.0833. The summed E-state index contributed by atoms with van der Waals surface area (Å²) in [5, 5.41) is 5.00. The summed E-state index contributed by atoms with van der Waals surface area (Å²) in [6.45, 7) is 0. The van der Waals surface area contributed by atoms with Gasteiger partial charge in [0.1, 0.15) is 16.4 Å². The summed E-state index contributed by atoms with van der Waals surface area (Å²) >= 11 is 6.71. The van der Waals surface area contributed by atoms with Crippen LogP contribution in [0.5, 0.6) is 17.4 Å².